The van der Waals surface area contributed by atoms with E-state index in [1.165, 1.54) is 45.4 Å². The maximum Gasteiger partial charge on any atom is 0.0594 e. The first-order valence-electron chi connectivity index (χ1n) is 9.26. The summed E-state index contributed by atoms with van der Waals surface area (Å²) < 4.78 is 5.47. The molecule has 0 bridgehead atoms. The van der Waals surface area contributed by atoms with Gasteiger partial charge in [0.2, 0.25) is 0 Å². The lowest BCUT2D eigenvalue weighted by Crippen LogP contribution is -2.44. The van der Waals surface area contributed by atoms with Crippen molar-refractivity contribution in [2.24, 2.45) is 16.7 Å². The summed E-state index contributed by atoms with van der Waals surface area (Å²) in [7, 11) is 0. The zero-order chi connectivity index (χ0) is 16.2. The highest BCUT2D eigenvalue weighted by atomic mass is 16.5. The maximum absolute atomic E-state index is 5.47. The highest BCUT2D eigenvalue weighted by Crippen LogP contribution is 2.33. The Morgan fingerprint density at radius 3 is 1.91 bits per heavy atom. The lowest BCUT2D eigenvalue weighted by molar-refractivity contribution is 0.0148. The van der Waals surface area contributed by atoms with Crippen LogP contribution in [0.3, 0.4) is 0 Å². The van der Waals surface area contributed by atoms with Gasteiger partial charge in [-0.15, -0.1) is 0 Å². The van der Waals surface area contributed by atoms with Gasteiger partial charge >= 0.3 is 0 Å². The molecule has 2 saturated heterocycles. The molecule has 2 aliphatic rings. The van der Waals surface area contributed by atoms with Crippen LogP contribution in [0.4, 0.5) is 0 Å². The van der Waals surface area contributed by atoms with E-state index in [0.29, 0.717) is 10.8 Å². The van der Waals surface area contributed by atoms with E-state index >= 15 is 0 Å². The number of ether oxygens (including phenoxy) is 1. The lowest BCUT2D eigenvalue weighted by Gasteiger charge is -2.40. The maximum atomic E-state index is 5.47. The van der Waals surface area contributed by atoms with Crippen molar-refractivity contribution in [3.05, 3.63) is 0 Å². The van der Waals surface area contributed by atoms with Gasteiger partial charge in [-0.1, -0.05) is 34.6 Å². The van der Waals surface area contributed by atoms with Crippen LogP contribution in [-0.4, -0.2) is 62.3 Å². The van der Waals surface area contributed by atoms with Gasteiger partial charge in [-0.05, 0) is 49.1 Å². The molecule has 0 aromatic rings. The average molecular weight is 311 g/mol. The lowest BCUT2D eigenvalue weighted by atomic mass is 9.78. The minimum Gasteiger partial charge on any atom is -0.379 e. The number of piperidine rings is 1. The first-order valence-corrected chi connectivity index (χ1v) is 9.26. The average Bonchev–Trinajstić information content (AvgIpc) is 2.39. The van der Waals surface area contributed by atoms with Gasteiger partial charge in [0, 0.05) is 26.2 Å². The van der Waals surface area contributed by atoms with E-state index in [4.69, 9.17) is 4.74 Å². The molecule has 0 aromatic heterocycles. The van der Waals surface area contributed by atoms with Crippen LogP contribution in [0.2, 0.25) is 0 Å². The Hall–Kier alpha value is -0.120. The molecule has 3 heteroatoms. The Bertz CT molecular complexity index is 321. The smallest absolute Gasteiger partial charge is 0.0594 e. The van der Waals surface area contributed by atoms with Crippen molar-refractivity contribution in [1.82, 2.24) is 9.80 Å². The Morgan fingerprint density at radius 2 is 1.36 bits per heavy atom. The number of rotatable bonds is 5. The molecule has 0 aromatic carbocycles. The van der Waals surface area contributed by atoms with Gasteiger partial charge in [-0.25, -0.2) is 0 Å². The highest BCUT2D eigenvalue weighted by molar-refractivity contribution is 4.82. The van der Waals surface area contributed by atoms with E-state index in [1.54, 1.807) is 0 Å². The van der Waals surface area contributed by atoms with Gasteiger partial charge in [0.05, 0.1) is 13.2 Å². The predicted molar refractivity (Wildman–Crippen MR) is 94.3 cm³/mol. The van der Waals surface area contributed by atoms with Crippen LogP contribution in [-0.2, 0) is 4.74 Å². The first kappa shape index (κ1) is 18.2. The molecule has 2 aliphatic heterocycles. The minimum atomic E-state index is 0.433. The van der Waals surface area contributed by atoms with Crippen molar-refractivity contribution < 1.29 is 4.74 Å². The minimum absolute atomic E-state index is 0.433. The van der Waals surface area contributed by atoms with Gasteiger partial charge in [0.15, 0.2) is 0 Å². The Balaban J connectivity index is 1.72. The topological polar surface area (TPSA) is 15.7 Å². The Morgan fingerprint density at radius 1 is 0.818 bits per heavy atom. The zero-order valence-electron chi connectivity index (χ0n) is 15.7. The second-order valence-corrected chi connectivity index (χ2v) is 9.54. The molecule has 2 fully saturated rings. The third-order valence-corrected chi connectivity index (χ3v) is 5.00. The second kappa shape index (κ2) is 7.63. The number of nitrogens with zero attached hydrogens (tertiary/aromatic N) is 2. The van der Waals surface area contributed by atoms with Crippen molar-refractivity contribution in [3.8, 4) is 0 Å². The van der Waals surface area contributed by atoms with E-state index in [-0.39, 0.29) is 0 Å². The standard InChI is InChI=1S/C19H38N2O/c1-18(2,3)15-20-8-6-17(7-9-20)14-19(4,5)16-21-10-12-22-13-11-21/h17H,6-16H2,1-5H3. The number of likely N-dealkylation sites (tertiary alicyclic amines) is 1. The molecule has 130 valence electrons. The summed E-state index contributed by atoms with van der Waals surface area (Å²) in [5, 5.41) is 0. The highest BCUT2D eigenvalue weighted by Gasteiger charge is 2.29. The normalized spacial score (nSPS) is 23.9. The molecule has 3 nitrogen and oxygen atoms in total. The van der Waals surface area contributed by atoms with Crippen LogP contribution in [0.25, 0.3) is 0 Å². The number of hydrogen-bond acceptors (Lipinski definition) is 3. The van der Waals surface area contributed by atoms with Crippen molar-refractivity contribution in [2.45, 2.75) is 53.9 Å². The van der Waals surface area contributed by atoms with Crippen molar-refractivity contribution >= 4 is 0 Å². The molecule has 0 saturated carbocycles. The molecule has 0 spiro atoms. The molecule has 0 amide bonds. The van der Waals surface area contributed by atoms with Crippen LogP contribution in [0.1, 0.15) is 53.9 Å². The summed E-state index contributed by atoms with van der Waals surface area (Å²) >= 11 is 0. The molecule has 22 heavy (non-hydrogen) atoms. The fraction of sp³-hybridized carbons (Fsp3) is 1.00. The van der Waals surface area contributed by atoms with Gasteiger partial charge in [-0.2, -0.15) is 0 Å². The second-order valence-electron chi connectivity index (χ2n) is 9.54. The van der Waals surface area contributed by atoms with Crippen LogP contribution in [0.5, 0.6) is 0 Å². The fourth-order valence-corrected chi connectivity index (χ4v) is 4.23. The van der Waals surface area contributed by atoms with E-state index < -0.39 is 0 Å². The molecule has 2 rings (SSSR count). The van der Waals surface area contributed by atoms with Crippen molar-refractivity contribution in [1.29, 1.82) is 0 Å². The van der Waals surface area contributed by atoms with E-state index in [1.807, 2.05) is 0 Å². The van der Waals surface area contributed by atoms with Crippen molar-refractivity contribution in [3.63, 3.8) is 0 Å². The summed E-state index contributed by atoms with van der Waals surface area (Å²) in [6.07, 6.45) is 4.17. The fourth-order valence-electron chi connectivity index (χ4n) is 4.23. The molecular formula is C19H38N2O. The quantitative estimate of drug-likeness (QED) is 0.773. The number of morpholine rings is 1. The van der Waals surface area contributed by atoms with Crippen LogP contribution >= 0.6 is 0 Å². The molecule has 0 unspecified atom stereocenters. The molecule has 0 atom stereocenters. The Labute approximate surface area is 138 Å². The summed E-state index contributed by atoms with van der Waals surface area (Å²) in [4.78, 5) is 5.27. The third-order valence-electron chi connectivity index (χ3n) is 5.00. The summed E-state index contributed by atoms with van der Waals surface area (Å²) in [6.45, 7) is 21.1. The van der Waals surface area contributed by atoms with E-state index in [2.05, 4.69) is 44.4 Å². The summed E-state index contributed by atoms with van der Waals surface area (Å²) in [5.41, 5.74) is 0.872. The van der Waals surface area contributed by atoms with Gasteiger partial charge in [-0.3, -0.25) is 4.90 Å². The summed E-state index contributed by atoms with van der Waals surface area (Å²) in [6, 6.07) is 0. The molecule has 2 heterocycles. The SMILES string of the molecule is CC(C)(C)CN1CCC(CC(C)(C)CN2CCOCC2)CC1. The molecule has 0 radical (unpaired) electrons. The number of hydrogen-bond donors (Lipinski definition) is 0. The van der Waals surface area contributed by atoms with Crippen LogP contribution in [0, 0.1) is 16.7 Å². The van der Waals surface area contributed by atoms with Crippen LogP contribution < -0.4 is 0 Å². The van der Waals surface area contributed by atoms with Gasteiger partial charge in [0.25, 0.3) is 0 Å². The van der Waals surface area contributed by atoms with E-state index in [0.717, 1.165) is 32.2 Å². The van der Waals surface area contributed by atoms with Crippen LogP contribution in [0.15, 0.2) is 0 Å². The van der Waals surface area contributed by atoms with Gasteiger partial charge < -0.3 is 9.64 Å². The zero-order valence-corrected chi connectivity index (χ0v) is 15.7. The Kier molecular flexibility index (Phi) is 6.32. The monoisotopic (exact) mass is 310 g/mol. The third kappa shape index (κ3) is 6.55. The van der Waals surface area contributed by atoms with Crippen molar-refractivity contribution in [2.75, 3.05) is 52.5 Å². The first-order chi connectivity index (χ1) is 10.2. The molecule has 0 aliphatic carbocycles. The predicted octanol–water partition coefficient (Wildman–Crippen LogP) is 3.49. The molecular weight excluding hydrogens is 272 g/mol. The van der Waals surface area contributed by atoms with Gasteiger partial charge in [0.1, 0.15) is 0 Å². The summed E-state index contributed by atoms with van der Waals surface area (Å²) in [5.74, 6) is 0.923. The molecule has 0 N–H and O–H groups in total. The van der Waals surface area contributed by atoms with E-state index in [9.17, 15) is 0 Å². The largest absolute Gasteiger partial charge is 0.379 e.